The molecule has 1 aromatic heterocycles. The third-order valence-electron chi connectivity index (χ3n) is 3.36. The van der Waals surface area contributed by atoms with E-state index < -0.39 is 0 Å². The molecule has 1 aliphatic rings. The summed E-state index contributed by atoms with van der Waals surface area (Å²) in [5.74, 6) is 0.0206. The molecule has 1 fully saturated rings. The summed E-state index contributed by atoms with van der Waals surface area (Å²) in [5.41, 5.74) is 9.19. The van der Waals surface area contributed by atoms with E-state index in [2.05, 4.69) is 10.3 Å². The second-order valence-corrected chi connectivity index (χ2v) is 5.21. The van der Waals surface area contributed by atoms with E-state index in [9.17, 15) is 4.79 Å². The normalized spacial score (nSPS) is 19.2. The van der Waals surface area contributed by atoms with E-state index in [1.54, 1.807) is 0 Å². The fourth-order valence-corrected chi connectivity index (χ4v) is 2.70. The third-order valence-corrected chi connectivity index (χ3v) is 3.57. The van der Waals surface area contributed by atoms with Gasteiger partial charge in [-0.1, -0.05) is 12.2 Å². The maximum atomic E-state index is 11.8. The summed E-state index contributed by atoms with van der Waals surface area (Å²) in [6.45, 7) is 7.06. The van der Waals surface area contributed by atoms with Gasteiger partial charge in [-0.05, 0) is 26.8 Å². The number of hydrogen-bond donors (Lipinski definition) is 2. The van der Waals surface area contributed by atoms with Crippen LogP contribution in [0.5, 0.6) is 0 Å². The molecule has 1 amide bonds. The van der Waals surface area contributed by atoms with E-state index in [0.717, 1.165) is 29.2 Å². The number of aryl methyl sites for hydroxylation is 2. The largest absolute Gasteiger partial charge is 0.389 e. The minimum atomic E-state index is -0.233. The molecule has 2 heterocycles. The van der Waals surface area contributed by atoms with Crippen molar-refractivity contribution in [3.8, 4) is 0 Å². The van der Waals surface area contributed by atoms with Gasteiger partial charge in [-0.3, -0.25) is 9.78 Å². The second-order valence-electron chi connectivity index (χ2n) is 4.77. The van der Waals surface area contributed by atoms with Gasteiger partial charge >= 0.3 is 0 Å². The van der Waals surface area contributed by atoms with Crippen molar-refractivity contribution in [2.75, 3.05) is 18.0 Å². The molecule has 5 nitrogen and oxygen atoms in total. The zero-order valence-electron chi connectivity index (χ0n) is 11.4. The number of amides is 1. The Balaban J connectivity index is 2.54. The number of anilines is 1. The fraction of sp³-hybridized carbons (Fsp3) is 0.462. The number of carbonyl (C=O) groups excluding carboxylic acids is 1. The van der Waals surface area contributed by atoms with Crippen molar-refractivity contribution >= 4 is 28.8 Å². The van der Waals surface area contributed by atoms with Crippen LogP contribution in [-0.2, 0) is 4.79 Å². The highest BCUT2D eigenvalue weighted by atomic mass is 32.1. The molecule has 1 saturated heterocycles. The van der Waals surface area contributed by atoms with Gasteiger partial charge in [0.1, 0.15) is 11.0 Å². The Morgan fingerprint density at radius 1 is 1.58 bits per heavy atom. The number of piperazine rings is 1. The number of nitrogens with zero attached hydrogens (tertiary/aromatic N) is 2. The van der Waals surface area contributed by atoms with Crippen LogP contribution in [0.1, 0.15) is 23.9 Å². The van der Waals surface area contributed by atoms with Crippen molar-refractivity contribution in [1.82, 2.24) is 10.3 Å². The molecule has 0 bridgehead atoms. The minimum Gasteiger partial charge on any atom is -0.389 e. The van der Waals surface area contributed by atoms with E-state index in [1.807, 2.05) is 31.7 Å². The highest BCUT2D eigenvalue weighted by molar-refractivity contribution is 7.80. The lowest BCUT2D eigenvalue weighted by atomic mass is 10.1. The molecule has 0 aliphatic carbocycles. The fourth-order valence-electron chi connectivity index (χ4n) is 2.45. The molecule has 1 aromatic rings. The predicted molar refractivity (Wildman–Crippen MR) is 79.4 cm³/mol. The van der Waals surface area contributed by atoms with Gasteiger partial charge < -0.3 is 16.0 Å². The second kappa shape index (κ2) is 5.13. The van der Waals surface area contributed by atoms with Crippen molar-refractivity contribution in [3.05, 3.63) is 23.0 Å². The van der Waals surface area contributed by atoms with Crippen LogP contribution in [-0.4, -0.2) is 35.0 Å². The summed E-state index contributed by atoms with van der Waals surface area (Å²) in [6, 6.07) is 1.71. The number of aromatic nitrogens is 1. The molecule has 102 valence electrons. The Hall–Kier alpha value is -1.69. The smallest absolute Gasteiger partial charge is 0.242 e. The van der Waals surface area contributed by atoms with Gasteiger partial charge in [0.2, 0.25) is 5.91 Å². The lowest BCUT2D eigenvalue weighted by Gasteiger charge is -2.36. The third kappa shape index (κ3) is 2.53. The summed E-state index contributed by atoms with van der Waals surface area (Å²) < 4.78 is 0. The summed E-state index contributed by atoms with van der Waals surface area (Å²) in [7, 11) is 0. The molecule has 2 rings (SSSR count). The first-order valence-electron chi connectivity index (χ1n) is 6.24. The predicted octanol–water partition coefficient (Wildman–Crippen LogP) is 0.657. The van der Waals surface area contributed by atoms with E-state index >= 15 is 0 Å². The maximum Gasteiger partial charge on any atom is 0.242 e. The number of thiocarbonyl (C=S) groups is 1. The molecule has 0 aromatic carbocycles. The minimum absolute atomic E-state index is 0.0206. The molecule has 0 radical (unpaired) electrons. The lowest BCUT2D eigenvalue weighted by Crippen LogP contribution is -2.54. The van der Waals surface area contributed by atoms with Gasteiger partial charge in [-0.2, -0.15) is 0 Å². The van der Waals surface area contributed by atoms with Crippen LogP contribution in [0.2, 0.25) is 0 Å². The molecule has 3 N–H and O–H groups in total. The quantitative estimate of drug-likeness (QED) is 0.778. The van der Waals surface area contributed by atoms with Crippen molar-refractivity contribution in [1.29, 1.82) is 0 Å². The molecule has 0 spiro atoms. The molecule has 1 aliphatic heterocycles. The van der Waals surface area contributed by atoms with Crippen molar-refractivity contribution in [3.63, 3.8) is 0 Å². The SMILES string of the molecule is Cc1cc(N2CCNC(=O)C2C)c(C(N)=S)c(C)n1. The van der Waals surface area contributed by atoms with Gasteiger partial charge in [0.05, 0.1) is 11.3 Å². The van der Waals surface area contributed by atoms with Crippen molar-refractivity contribution in [2.45, 2.75) is 26.8 Å². The highest BCUT2D eigenvalue weighted by Gasteiger charge is 2.28. The average Bonchev–Trinajstić information content (AvgIpc) is 2.31. The number of nitrogens with two attached hydrogens (primary N) is 1. The van der Waals surface area contributed by atoms with Crippen LogP contribution in [0.4, 0.5) is 5.69 Å². The standard InChI is InChI=1S/C13H18N4OS/c1-7-6-10(11(12(14)19)8(2)16-7)17-5-4-15-13(18)9(17)3/h6,9H,4-5H2,1-3H3,(H2,14,19)(H,15,18). The number of hydrogen-bond acceptors (Lipinski definition) is 4. The van der Waals surface area contributed by atoms with Crippen molar-refractivity contribution in [2.24, 2.45) is 5.73 Å². The molecule has 1 atom stereocenters. The van der Waals surface area contributed by atoms with Crippen LogP contribution in [0.3, 0.4) is 0 Å². The lowest BCUT2D eigenvalue weighted by molar-refractivity contribution is -0.122. The average molecular weight is 278 g/mol. The van der Waals surface area contributed by atoms with Crippen molar-refractivity contribution < 1.29 is 4.79 Å². The zero-order valence-corrected chi connectivity index (χ0v) is 12.2. The Labute approximate surface area is 118 Å². The van der Waals surface area contributed by atoms with Crippen LogP contribution < -0.4 is 16.0 Å². The van der Waals surface area contributed by atoms with E-state index in [-0.39, 0.29) is 11.9 Å². The molecular formula is C13H18N4OS. The number of carbonyl (C=O) groups is 1. The number of pyridine rings is 1. The Bertz CT molecular complexity index is 544. The Morgan fingerprint density at radius 3 is 2.89 bits per heavy atom. The summed E-state index contributed by atoms with van der Waals surface area (Å²) in [4.78, 5) is 18.6. The van der Waals surface area contributed by atoms with E-state index in [1.165, 1.54) is 0 Å². The summed E-state index contributed by atoms with van der Waals surface area (Å²) in [5, 5.41) is 2.85. The topological polar surface area (TPSA) is 71.2 Å². The molecule has 0 saturated carbocycles. The van der Waals surface area contributed by atoms with Crippen LogP contribution in [0, 0.1) is 13.8 Å². The van der Waals surface area contributed by atoms with Gasteiger partial charge in [0, 0.05) is 24.5 Å². The van der Waals surface area contributed by atoms with E-state index in [0.29, 0.717) is 11.5 Å². The molecule has 19 heavy (non-hydrogen) atoms. The number of rotatable bonds is 2. The van der Waals surface area contributed by atoms with Gasteiger partial charge in [-0.25, -0.2) is 0 Å². The molecule has 6 heteroatoms. The van der Waals surface area contributed by atoms with E-state index in [4.69, 9.17) is 18.0 Å². The molecule has 1 unspecified atom stereocenters. The van der Waals surface area contributed by atoms with Crippen LogP contribution in [0.25, 0.3) is 0 Å². The Morgan fingerprint density at radius 2 is 2.26 bits per heavy atom. The first kappa shape index (κ1) is 13.7. The van der Waals surface area contributed by atoms with Gasteiger partial charge in [0.15, 0.2) is 0 Å². The first-order chi connectivity index (χ1) is 8.91. The first-order valence-corrected chi connectivity index (χ1v) is 6.65. The summed E-state index contributed by atoms with van der Waals surface area (Å²) in [6.07, 6.45) is 0. The van der Waals surface area contributed by atoms with Crippen LogP contribution in [0.15, 0.2) is 6.07 Å². The summed E-state index contributed by atoms with van der Waals surface area (Å²) >= 11 is 5.13. The monoisotopic (exact) mass is 278 g/mol. The highest BCUT2D eigenvalue weighted by Crippen LogP contribution is 2.26. The number of nitrogens with one attached hydrogen (secondary N) is 1. The zero-order chi connectivity index (χ0) is 14.2. The Kier molecular flexibility index (Phi) is 3.71. The van der Waals surface area contributed by atoms with Gasteiger partial charge in [-0.15, -0.1) is 0 Å². The van der Waals surface area contributed by atoms with Gasteiger partial charge in [0.25, 0.3) is 0 Å². The molecular weight excluding hydrogens is 260 g/mol. The van der Waals surface area contributed by atoms with Crippen LogP contribution >= 0.6 is 12.2 Å². The maximum absolute atomic E-state index is 11.8.